The third kappa shape index (κ3) is 1.21. The highest BCUT2D eigenvalue weighted by atomic mass is 79.9. The number of halogens is 1. The van der Waals surface area contributed by atoms with Crippen molar-refractivity contribution < 1.29 is 4.74 Å². The minimum atomic E-state index is 0.837. The number of aromatic amines is 1. The van der Waals surface area contributed by atoms with Crippen LogP contribution in [0.2, 0.25) is 0 Å². The number of fused-ring (bicyclic) bond motifs is 1. The van der Waals surface area contributed by atoms with Crippen molar-refractivity contribution in [1.29, 1.82) is 0 Å². The Balaban J connectivity index is 2.88. The van der Waals surface area contributed by atoms with Crippen molar-refractivity contribution in [3.63, 3.8) is 0 Å². The van der Waals surface area contributed by atoms with E-state index in [0.29, 0.717) is 0 Å². The van der Waals surface area contributed by atoms with Crippen LogP contribution in [0, 0.1) is 6.92 Å². The first-order chi connectivity index (χ1) is 6.24. The van der Waals surface area contributed by atoms with Crippen molar-refractivity contribution in [1.82, 2.24) is 9.97 Å². The van der Waals surface area contributed by atoms with E-state index in [1.54, 1.807) is 13.3 Å². The Kier molecular flexibility index (Phi) is 2.00. The zero-order valence-corrected chi connectivity index (χ0v) is 8.97. The predicted molar refractivity (Wildman–Crippen MR) is 55.1 cm³/mol. The Morgan fingerprint density at radius 3 is 3.00 bits per heavy atom. The Labute approximate surface area is 84.3 Å². The van der Waals surface area contributed by atoms with Gasteiger partial charge in [0.1, 0.15) is 11.4 Å². The molecule has 2 rings (SSSR count). The summed E-state index contributed by atoms with van der Waals surface area (Å²) < 4.78 is 6.17. The minimum absolute atomic E-state index is 0.837. The molecule has 0 aliphatic heterocycles. The van der Waals surface area contributed by atoms with Crippen LogP contribution in [-0.4, -0.2) is 17.1 Å². The zero-order chi connectivity index (χ0) is 9.42. The first-order valence-electron chi connectivity index (χ1n) is 3.90. The molecule has 2 aromatic rings. The van der Waals surface area contributed by atoms with Gasteiger partial charge in [-0.05, 0) is 28.4 Å². The summed E-state index contributed by atoms with van der Waals surface area (Å²) in [5.74, 6) is 0.837. The second kappa shape index (κ2) is 3.03. The number of aromatic nitrogens is 2. The van der Waals surface area contributed by atoms with E-state index in [2.05, 4.69) is 25.9 Å². The molecule has 1 N–H and O–H groups in total. The topological polar surface area (TPSA) is 37.9 Å². The van der Waals surface area contributed by atoms with Gasteiger partial charge in [0.25, 0.3) is 0 Å². The molecule has 0 unspecified atom stereocenters. The van der Waals surface area contributed by atoms with Gasteiger partial charge in [0.2, 0.25) is 0 Å². The number of pyridine rings is 1. The summed E-state index contributed by atoms with van der Waals surface area (Å²) in [6, 6.07) is 0. The van der Waals surface area contributed by atoms with E-state index in [9.17, 15) is 0 Å². The van der Waals surface area contributed by atoms with Gasteiger partial charge in [-0.1, -0.05) is 0 Å². The van der Waals surface area contributed by atoms with E-state index < -0.39 is 0 Å². The van der Waals surface area contributed by atoms with Crippen molar-refractivity contribution in [3.8, 4) is 5.75 Å². The molecule has 0 saturated carbocycles. The summed E-state index contributed by atoms with van der Waals surface area (Å²) in [6.45, 7) is 2.02. The SMILES string of the molecule is COc1c(Br)cnc2[nH]cc(C)c12. The van der Waals surface area contributed by atoms with Crippen molar-refractivity contribution in [3.05, 3.63) is 22.4 Å². The fourth-order valence-corrected chi connectivity index (χ4v) is 1.86. The van der Waals surface area contributed by atoms with Crippen molar-refractivity contribution in [2.75, 3.05) is 7.11 Å². The van der Waals surface area contributed by atoms with Crippen molar-refractivity contribution in [2.45, 2.75) is 6.92 Å². The first-order valence-corrected chi connectivity index (χ1v) is 4.69. The molecule has 0 saturated heterocycles. The third-order valence-electron chi connectivity index (χ3n) is 2.01. The number of nitrogens with zero attached hydrogens (tertiary/aromatic N) is 1. The lowest BCUT2D eigenvalue weighted by Crippen LogP contribution is -1.88. The Bertz CT molecular complexity index is 450. The molecule has 0 radical (unpaired) electrons. The monoisotopic (exact) mass is 240 g/mol. The lowest BCUT2D eigenvalue weighted by atomic mass is 10.2. The summed E-state index contributed by atoms with van der Waals surface area (Å²) in [6.07, 6.45) is 3.66. The van der Waals surface area contributed by atoms with Crippen molar-refractivity contribution >= 4 is 27.0 Å². The zero-order valence-electron chi connectivity index (χ0n) is 7.39. The molecule has 2 aromatic heterocycles. The van der Waals surface area contributed by atoms with Crippen LogP contribution in [-0.2, 0) is 0 Å². The quantitative estimate of drug-likeness (QED) is 0.833. The minimum Gasteiger partial charge on any atom is -0.495 e. The molecule has 68 valence electrons. The number of ether oxygens (including phenoxy) is 1. The number of hydrogen-bond donors (Lipinski definition) is 1. The summed E-state index contributed by atoms with van der Waals surface area (Å²) in [5.41, 5.74) is 2.00. The molecule has 0 aliphatic rings. The van der Waals surface area contributed by atoms with Gasteiger partial charge in [0.05, 0.1) is 17.0 Å². The third-order valence-corrected chi connectivity index (χ3v) is 2.58. The molecule has 0 fully saturated rings. The summed E-state index contributed by atoms with van der Waals surface area (Å²) in [7, 11) is 1.66. The standard InChI is InChI=1S/C9H9BrN2O/c1-5-3-11-9-7(5)8(13-2)6(10)4-12-9/h3-4H,1-2H3,(H,11,12). The summed E-state index contributed by atoms with van der Waals surface area (Å²) >= 11 is 3.40. The van der Waals surface area contributed by atoms with Gasteiger partial charge in [0, 0.05) is 12.4 Å². The molecule has 0 atom stereocenters. The number of methoxy groups -OCH3 is 1. The average Bonchev–Trinajstić information content (AvgIpc) is 2.49. The summed E-state index contributed by atoms with van der Waals surface area (Å²) in [5, 5.41) is 1.04. The van der Waals surface area contributed by atoms with E-state index in [4.69, 9.17) is 4.74 Å². The van der Waals surface area contributed by atoms with E-state index in [1.165, 1.54) is 0 Å². The fraction of sp³-hybridized carbons (Fsp3) is 0.222. The average molecular weight is 241 g/mol. The second-order valence-corrected chi connectivity index (χ2v) is 3.69. The highest BCUT2D eigenvalue weighted by Crippen LogP contribution is 2.33. The Morgan fingerprint density at radius 2 is 2.31 bits per heavy atom. The second-order valence-electron chi connectivity index (χ2n) is 2.83. The molecule has 0 bridgehead atoms. The summed E-state index contributed by atoms with van der Waals surface area (Å²) in [4.78, 5) is 7.31. The molecular formula is C9H9BrN2O. The first kappa shape index (κ1) is 8.56. The van der Waals surface area contributed by atoms with Crippen LogP contribution < -0.4 is 4.74 Å². The van der Waals surface area contributed by atoms with Crippen molar-refractivity contribution in [2.24, 2.45) is 0 Å². The molecule has 0 amide bonds. The molecule has 2 heterocycles. The number of rotatable bonds is 1. The van der Waals surface area contributed by atoms with E-state index in [0.717, 1.165) is 26.8 Å². The van der Waals surface area contributed by atoms with Crippen LogP contribution >= 0.6 is 15.9 Å². The fourth-order valence-electron chi connectivity index (χ4n) is 1.39. The van der Waals surface area contributed by atoms with Gasteiger partial charge in [-0.25, -0.2) is 4.98 Å². The predicted octanol–water partition coefficient (Wildman–Crippen LogP) is 2.64. The van der Waals surface area contributed by atoms with E-state index in [1.807, 2.05) is 13.1 Å². The van der Waals surface area contributed by atoms with Crippen LogP contribution in [0.15, 0.2) is 16.9 Å². The molecular weight excluding hydrogens is 232 g/mol. The van der Waals surface area contributed by atoms with E-state index in [-0.39, 0.29) is 0 Å². The van der Waals surface area contributed by atoms with Gasteiger partial charge in [-0.3, -0.25) is 0 Å². The van der Waals surface area contributed by atoms with Crippen LogP contribution in [0.1, 0.15) is 5.56 Å². The van der Waals surface area contributed by atoms with Crippen LogP contribution in [0.5, 0.6) is 5.75 Å². The molecule has 4 heteroatoms. The van der Waals surface area contributed by atoms with Gasteiger partial charge in [0.15, 0.2) is 0 Å². The molecule has 0 aliphatic carbocycles. The van der Waals surface area contributed by atoms with Gasteiger partial charge >= 0.3 is 0 Å². The molecule has 13 heavy (non-hydrogen) atoms. The lowest BCUT2D eigenvalue weighted by molar-refractivity contribution is 0.416. The molecule has 0 spiro atoms. The number of hydrogen-bond acceptors (Lipinski definition) is 2. The highest BCUT2D eigenvalue weighted by Gasteiger charge is 2.10. The van der Waals surface area contributed by atoms with E-state index >= 15 is 0 Å². The maximum atomic E-state index is 5.29. The number of aryl methyl sites for hydroxylation is 1. The molecule has 3 nitrogen and oxygen atoms in total. The maximum Gasteiger partial charge on any atom is 0.145 e. The van der Waals surface area contributed by atoms with Gasteiger partial charge in [-0.2, -0.15) is 0 Å². The molecule has 0 aromatic carbocycles. The van der Waals surface area contributed by atoms with Crippen LogP contribution in [0.25, 0.3) is 11.0 Å². The van der Waals surface area contributed by atoms with Crippen LogP contribution in [0.4, 0.5) is 0 Å². The highest BCUT2D eigenvalue weighted by molar-refractivity contribution is 9.10. The van der Waals surface area contributed by atoms with Gasteiger partial charge in [-0.15, -0.1) is 0 Å². The van der Waals surface area contributed by atoms with Crippen LogP contribution in [0.3, 0.4) is 0 Å². The maximum absolute atomic E-state index is 5.29. The largest absolute Gasteiger partial charge is 0.495 e. The Hall–Kier alpha value is -1.03. The Morgan fingerprint density at radius 1 is 1.54 bits per heavy atom. The smallest absolute Gasteiger partial charge is 0.145 e. The van der Waals surface area contributed by atoms with Gasteiger partial charge < -0.3 is 9.72 Å². The number of nitrogens with one attached hydrogen (secondary N) is 1. The number of H-pyrrole nitrogens is 1. The lowest BCUT2D eigenvalue weighted by Gasteiger charge is -2.04. The normalized spacial score (nSPS) is 10.7.